The topological polar surface area (TPSA) is 35.5 Å². The van der Waals surface area contributed by atoms with Crippen molar-refractivity contribution in [2.24, 2.45) is 5.92 Å². The van der Waals surface area contributed by atoms with Gasteiger partial charge in [-0.15, -0.1) is 0 Å². The lowest BCUT2D eigenvalue weighted by molar-refractivity contribution is 0.200. The average molecular weight is 262 g/mol. The van der Waals surface area contributed by atoms with E-state index >= 15 is 0 Å². The van der Waals surface area contributed by atoms with Crippen molar-refractivity contribution in [3.8, 4) is 0 Å². The number of likely N-dealkylation sites (tertiary alicyclic amines) is 1. The van der Waals surface area contributed by atoms with Gasteiger partial charge in [0.25, 0.3) is 0 Å². The molecule has 0 spiro atoms. The second kappa shape index (κ2) is 7.04. The van der Waals surface area contributed by atoms with Gasteiger partial charge in [0.2, 0.25) is 0 Å². The van der Waals surface area contributed by atoms with E-state index in [4.69, 9.17) is 0 Å². The van der Waals surface area contributed by atoms with Crippen LogP contribution in [0.5, 0.6) is 0 Å². The average Bonchev–Trinajstić information content (AvgIpc) is 2.86. The van der Waals surface area contributed by atoms with Gasteiger partial charge < -0.3 is 10.4 Å². The van der Waals surface area contributed by atoms with Gasteiger partial charge in [-0.05, 0) is 24.8 Å². The first-order valence-electron chi connectivity index (χ1n) is 7.32. The molecule has 1 aliphatic heterocycles. The Kier molecular flexibility index (Phi) is 5.37. The molecule has 1 aromatic rings. The van der Waals surface area contributed by atoms with Crippen molar-refractivity contribution in [1.82, 2.24) is 10.2 Å². The van der Waals surface area contributed by atoms with E-state index < -0.39 is 0 Å². The van der Waals surface area contributed by atoms with Crippen LogP contribution >= 0.6 is 0 Å². The monoisotopic (exact) mass is 262 g/mol. The summed E-state index contributed by atoms with van der Waals surface area (Å²) < 4.78 is 0. The van der Waals surface area contributed by atoms with Crippen LogP contribution in [0.25, 0.3) is 0 Å². The normalized spacial score (nSPS) is 23.4. The smallest absolute Gasteiger partial charge is 0.0471 e. The van der Waals surface area contributed by atoms with Gasteiger partial charge in [0.15, 0.2) is 0 Å². The number of nitrogens with zero attached hydrogens (tertiary/aromatic N) is 1. The fraction of sp³-hybridized carbons (Fsp3) is 0.625. The third-order valence-corrected chi connectivity index (χ3v) is 4.16. The SMILES string of the molecule is CC(CO)C(C)NC1CCN(Cc2ccccc2)C1. The second-order valence-electron chi connectivity index (χ2n) is 5.82. The van der Waals surface area contributed by atoms with Crippen molar-refractivity contribution in [3.05, 3.63) is 35.9 Å². The van der Waals surface area contributed by atoms with E-state index in [1.54, 1.807) is 0 Å². The maximum atomic E-state index is 9.18. The van der Waals surface area contributed by atoms with Crippen molar-refractivity contribution in [2.75, 3.05) is 19.7 Å². The molecule has 2 N–H and O–H groups in total. The fourth-order valence-corrected chi connectivity index (χ4v) is 2.65. The van der Waals surface area contributed by atoms with Crippen LogP contribution in [0.4, 0.5) is 0 Å². The highest BCUT2D eigenvalue weighted by atomic mass is 16.3. The van der Waals surface area contributed by atoms with E-state index in [9.17, 15) is 5.11 Å². The second-order valence-corrected chi connectivity index (χ2v) is 5.82. The fourth-order valence-electron chi connectivity index (χ4n) is 2.65. The minimum atomic E-state index is 0.259. The Morgan fingerprint density at radius 2 is 2.05 bits per heavy atom. The first-order chi connectivity index (χ1) is 9.19. The summed E-state index contributed by atoms with van der Waals surface area (Å²) in [5.74, 6) is 0.322. The number of hydrogen-bond acceptors (Lipinski definition) is 3. The molecular formula is C16H26N2O. The first-order valence-corrected chi connectivity index (χ1v) is 7.32. The van der Waals surface area contributed by atoms with Gasteiger partial charge in [-0.2, -0.15) is 0 Å². The molecule has 0 aromatic heterocycles. The van der Waals surface area contributed by atoms with E-state index in [1.807, 2.05) is 0 Å². The van der Waals surface area contributed by atoms with E-state index in [2.05, 4.69) is 54.4 Å². The van der Waals surface area contributed by atoms with Crippen LogP contribution in [-0.4, -0.2) is 41.8 Å². The Morgan fingerprint density at radius 1 is 1.32 bits per heavy atom. The predicted octanol–water partition coefficient (Wildman–Crippen LogP) is 1.87. The largest absolute Gasteiger partial charge is 0.396 e. The number of hydrogen-bond donors (Lipinski definition) is 2. The van der Waals surface area contributed by atoms with Crippen LogP contribution in [0, 0.1) is 5.92 Å². The molecule has 3 nitrogen and oxygen atoms in total. The highest BCUT2D eigenvalue weighted by Gasteiger charge is 2.24. The molecule has 0 radical (unpaired) electrons. The van der Waals surface area contributed by atoms with Crippen LogP contribution in [0.15, 0.2) is 30.3 Å². The zero-order chi connectivity index (χ0) is 13.7. The molecule has 1 aromatic carbocycles. The van der Waals surface area contributed by atoms with Gasteiger partial charge in [0.05, 0.1) is 0 Å². The number of aliphatic hydroxyl groups excluding tert-OH is 1. The predicted molar refractivity (Wildman–Crippen MR) is 79.0 cm³/mol. The van der Waals surface area contributed by atoms with Gasteiger partial charge in [0.1, 0.15) is 0 Å². The highest BCUT2D eigenvalue weighted by molar-refractivity contribution is 5.14. The zero-order valence-electron chi connectivity index (χ0n) is 12.0. The number of aliphatic hydroxyl groups is 1. The van der Waals surface area contributed by atoms with Gasteiger partial charge in [-0.3, -0.25) is 4.90 Å². The van der Waals surface area contributed by atoms with Crippen LogP contribution < -0.4 is 5.32 Å². The summed E-state index contributed by atoms with van der Waals surface area (Å²) in [5, 5.41) is 12.8. The third kappa shape index (κ3) is 4.30. The molecule has 1 aliphatic rings. The van der Waals surface area contributed by atoms with Crippen LogP contribution in [-0.2, 0) is 6.54 Å². The Labute approximate surface area is 116 Å². The van der Waals surface area contributed by atoms with Crippen molar-refractivity contribution in [2.45, 2.75) is 38.9 Å². The van der Waals surface area contributed by atoms with Gasteiger partial charge in [-0.25, -0.2) is 0 Å². The van der Waals surface area contributed by atoms with Crippen molar-refractivity contribution in [1.29, 1.82) is 0 Å². The third-order valence-electron chi connectivity index (χ3n) is 4.16. The summed E-state index contributed by atoms with van der Waals surface area (Å²) in [5.41, 5.74) is 1.39. The molecule has 3 heteroatoms. The molecule has 1 fully saturated rings. The Balaban J connectivity index is 1.77. The van der Waals surface area contributed by atoms with E-state index in [0.717, 1.165) is 19.6 Å². The lowest BCUT2D eigenvalue weighted by atomic mass is 10.0. The van der Waals surface area contributed by atoms with E-state index in [-0.39, 0.29) is 6.61 Å². The molecule has 0 saturated carbocycles. The number of rotatable bonds is 6. The molecule has 0 aliphatic carbocycles. The minimum Gasteiger partial charge on any atom is -0.396 e. The van der Waals surface area contributed by atoms with Crippen molar-refractivity contribution in [3.63, 3.8) is 0 Å². The van der Waals surface area contributed by atoms with Crippen molar-refractivity contribution >= 4 is 0 Å². The molecule has 2 rings (SSSR count). The minimum absolute atomic E-state index is 0.259. The maximum absolute atomic E-state index is 9.18. The summed E-state index contributed by atoms with van der Waals surface area (Å²) >= 11 is 0. The number of benzene rings is 1. The summed E-state index contributed by atoms with van der Waals surface area (Å²) in [6.07, 6.45) is 1.20. The molecule has 3 atom stereocenters. The molecule has 0 bridgehead atoms. The van der Waals surface area contributed by atoms with Crippen LogP contribution in [0.3, 0.4) is 0 Å². The summed E-state index contributed by atoms with van der Waals surface area (Å²) in [7, 11) is 0. The van der Waals surface area contributed by atoms with Gasteiger partial charge in [-0.1, -0.05) is 37.3 Å². The first kappa shape index (κ1) is 14.5. The molecular weight excluding hydrogens is 236 g/mol. The Bertz CT molecular complexity index is 368. The molecule has 1 heterocycles. The summed E-state index contributed by atoms with van der Waals surface area (Å²) in [6, 6.07) is 11.6. The van der Waals surface area contributed by atoms with Gasteiger partial charge >= 0.3 is 0 Å². The Morgan fingerprint density at radius 3 is 2.74 bits per heavy atom. The Hall–Kier alpha value is -0.900. The maximum Gasteiger partial charge on any atom is 0.0471 e. The van der Waals surface area contributed by atoms with Crippen LogP contribution in [0.2, 0.25) is 0 Å². The highest BCUT2D eigenvalue weighted by Crippen LogP contribution is 2.15. The van der Waals surface area contributed by atoms with E-state index in [1.165, 1.54) is 12.0 Å². The number of nitrogens with one attached hydrogen (secondary N) is 1. The molecule has 1 saturated heterocycles. The molecule has 106 valence electrons. The lowest BCUT2D eigenvalue weighted by Crippen LogP contribution is -2.42. The summed E-state index contributed by atoms with van der Waals surface area (Å²) in [4.78, 5) is 2.50. The standard InChI is InChI=1S/C16H26N2O/c1-13(12-19)14(2)17-16-8-9-18(11-16)10-15-6-4-3-5-7-15/h3-7,13-14,16-17,19H,8-12H2,1-2H3. The molecule has 0 amide bonds. The lowest BCUT2D eigenvalue weighted by Gasteiger charge is -2.24. The quantitative estimate of drug-likeness (QED) is 0.821. The van der Waals surface area contributed by atoms with Crippen molar-refractivity contribution < 1.29 is 5.11 Å². The van der Waals surface area contributed by atoms with Gasteiger partial charge in [0, 0.05) is 38.3 Å². The van der Waals surface area contributed by atoms with Crippen LogP contribution in [0.1, 0.15) is 25.8 Å². The molecule has 19 heavy (non-hydrogen) atoms. The summed E-state index contributed by atoms with van der Waals surface area (Å²) in [6.45, 7) is 7.83. The zero-order valence-corrected chi connectivity index (χ0v) is 12.0. The van der Waals surface area contributed by atoms with E-state index in [0.29, 0.717) is 18.0 Å². The molecule has 3 unspecified atom stereocenters.